The highest BCUT2D eigenvalue weighted by molar-refractivity contribution is 6.31. The lowest BCUT2D eigenvalue weighted by Gasteiger charge is -2.09. The molecule has 5 nitrogen and oxygen atoms in total. The molecule has 0 aliphatic carbocycles. The van der Waals surface area contributed by atoms with Crippen molar-refractivity contribution in [2.45, 2.75) is 13.5 Å². The predicted molar refractivity (Wildman–Crippen MR) is 54.7 cm³/mol. The van der Waals surface area contributed by atoms with Crippen molar-refractivity contribution in [2.75, 3.05) is 0 Å². The van der Waals surface area contributed by atoms with Crippen LogP contribution in [0.25, 0.3) is 0 Å². The maximum absolute atomic E-state index is 12.1. The zero-order valence-corrected chi connectivity index (χ0v) is 9.20. The summed E-state index contributed by atoms with van der Waals surface area (Å²) in [5.74, 6) is -1.37. The van der Waals surface area contributed by atoms with E-state index in [9.17, 15) is 23.7 Å². The molecule has 0 aromatic heterocycles. The Morgan fingerprint density at radius 3 is 2.53 bits per heavy atom. The van der Waals surface area contributed by atoms with E-state index >= 15 is 0 Å². The summed E-state index contributed by atoms with van der Waals surface area (Å²) >= 11 is 5.51. The number of nitro benzene ring substituents is 1. The largest absolute Gasteiger partial charge is 0.434 e. The third-order valence-corrected chi connectivity index (χ3v) is 2.03. The Kier molecular flexibility index (Phi) is 3.95. The average Bonchev–Trinajstić information content (AvgIpc) is 2.14. The monoisotopic (exact) mass is 265 g/mol. The lowest BCUT2D eigenvalue weighted by molar-refractivity contribution is -0.385. The van der Waals surface area contributed by atoms with Gasteiger partial charge < -0.3 is 4.74 Å². The first-order chi connectivity index (χ1) is 7.82. The second-order valence-corrected chi connectivity index (χ2v) is 3.43. The summed E-state index contributed by atoms with van der Waals surface area (Å²) in [6, 6.07) is 1.83. The van der Waals surface area contributed by atoms with Crippen LogP contribution in [0.15, 0.2) is 12.1 Å². The predicted octanol–water partition coefficient (Wildman–Crippen LogP) is 3.05. The molecule has 0 bridgehead atoms. The third-order valence-electron chi connectivity index (χ3n) is 1.81. The summed E-state index contributed by atoms with van der Waals surface area (Å²) in [5, 5.41) is 10.5. The Morgan fingerprint density at radius 1 is 1.53 bits per heavy atom. The van der Waals surface area contributed by atoms with Gasteiger partial charge in [0.05, 0.1) is 9.95 Å². The highest BCUT2D eigenvalue weighted by Gasteiger charge is 2.25. The van der Waals surface area contributed by atoms with E-state index in [2.05, 4.69) is 4.74 Å². The summed E-state index contributed by atoms with van der Waals surface area (Å²) in [6.07, 6.45) is 0. The molecule has 0 aliphatic rings. The molecule has 0 saturated carbocycles. The molecule has 0 N–H and O–H groups in total. The summed E-state index contributed by atoms with van der Waals surface area (Å²) in [4.78, 5) is 21.0. The summed E-state index contributed by atoms with van der Waals surface area (Å²) in [6.45, 7) is -2.19. The van der Waals surface area contributed by atoms with Crippen LogP contribution in [0, 0.1) is 10.1 Å². The van der Waals surface area contributed by atoms with Gasteiger partial charge in [-0.15, -0.1) is 0 Å². The molecule has 0 spiro atoms. The van der Waals surface area contributed by atoms with Gasteiger partial charge in [0.15, 0.2) is 5.78 Å². The SMILES string of the molecule is CC(=O)c1c(OC(F)F)cc(Cl)cc1[N+](=O)[O-]. The molecule has 17 heavy (non-hydrogen) atoms. The quantitative estimate of drug-likeness (QED) is 0.477. The molecular formula is C9H6ClF2NO4. The maximum Gasteiger partial charge on any atom is 0.387 e. The average molecular weight is 266 g/mol. The smallest absolute Gasteiger partial charge is 0.387 e. The van der Waals surface area contributed by atoms with Gasteiger partial charge in [-0.05, 0) is 6.92 Å². The van der Waals surface area contributed by atoms with Crippen LogP contribution in [-0.2, 0) is 0 Å². The highest BCUT2D eigenvalue weighted by atomic mass is 35.5. The maximum atomic E-state index is 12.1. The van der Waals surface area contributed by atoms with Crippen LogP contribution in [0.2, 0.25) is 5.02 Å². The molecule has 0 atom stereocenters. The third kappa shape index (κ3) is 3.10. The van der Waals surface area contributed by atoms with E-state index in [1.165, 1.54) is 0 Å². The van der Waals surface area contributed by atoms with Gasteiger partial charge >= 0.3 is 6.61 Å². The lowest BCUT2D eigenvalue weighted by Crippen LogP contribution is -2.09. The zero-order chi connectivity index (χ0) is 13.2. The second-order valence-electron chi connectivity index (χ2n) is 2.99. The molecule has 92 valence electrons. The van der Waals surface area contributed by atoms with E-state index < -0.39 is 34.3 Å². The molecule has 1 rings (SSSR count). The molecule has 0 fully saturated rings. The molecule has 1 aromatic carbocycles. The van der Waals surface area contributed by atoms with Gasteiger partial charge in [0.2, 0.25) is 0 Å². The Labute approximate surface area is 99.1 Å². The van der Waals surface area contributed by atoms with Crippen LogP contribution in [0.5, 0.6) is 5.75 Å². The Hall–Kier alpha value is -1.76. The van der Waals surface area contributed by atoms with E-state index in [0.717, 1.165) is 19.1 Å². The van der Waals surface area contributed by atoms with Crippen molar-refractivity contribution < 1.29 is 23.2 Å². The molecule has 0 saturated heterocycles. The van der Waals surface area contributed by atoms with Crippen molar-refractivity contribution >= 4 is 23.1 Å². The van der Waals surface area contributed by atoms with Crippen molar-refractivity contribution in [3.8, 4) is 5.75 Å². The van der Waals surface area contributed by atoms with Crippen molar-refractivity contribution in [1.29, 1.82) is 0 Å². The Bertz CT molecular complexity index is 478. The van der Waals surface area contributed by atoms with E-state index in [0.29, 0.717) is 0 Å². The van der Waals surface area contributed by atoms with Crippen molar-refractivity contribution in [2.24, 2.45) is 0 Å². The highest BCUT2D eigenvalue weighted by Crippen LogP contribution is 2.33. The fraction of sp³-hybridized carbons (Fsp3) is 0.222. The molecule has 0 aliphatic heterocycles. The normalized spacial score (nSPS) is 10.4. The van der Waals surface area contributed by atoms with Gasteiger partial charge in [-0.25, -0.2) is 0 Å². The molecule has 0 unspecified atom stereocenters. The molecule has 0 radical (unpaired) electrons. The Morgan fingerprint density at radius 2 is 2.12 bits per heavy atom. The summed E-state index contributed by atoms with van der Waals surface area (Å²) < 4.78 is 28.2. The minimum absolute atomic E-state index is 0.169. The number of carbonyl (C=O) groups excluding carboxylic acids is 1. The van der Waals surface area contributed by atoms with E-state index in [-0.39, 0.29) is 5.02 Å². The van der Waals surface area contributed by atoms with Gasteiger partial charge in [-0.1, -0.05) is 11.6 Å². The van der Waals surface area contributed by atoms with Gasteiger partial charge in [0, 0.05) is 12.1 Å². The molecule has 8 heteroatoms. The van der Waals surface area contributed by atoms with Gasteiger partial charge in [0.1, 0.15) is 11.3 Å². The van der Waals surface area contributed by atoms with Crippen LogP contribution < -0.4 is 4.74 Å². The van der Waals surface area contributed by atoms with Gasteiger partial charge in [-0.3, -0.25) is 14.9 Å². The van der Waals surface area contributed by atoms with Crippen molar-refractivity contribution in [3.63, 3.8) is 0 Å². The number of ether oxygens (including phenoxy) is 1. The minimum Gasteiger partial charge on any atom is -0.434 e. The number of nitro groups is 1. The number of hydrogen-bond donors (Lipinski definition) is 0. The molecule has 1 aromatic rings. The molecule has 0 heterocycles. The van der Waals surface area contributed by atoms with Gasteiger partial charge in [-0.2, -0.15) is 8.78 Å². The van der Waals surface area contributed by atoms with Crippen LogP contribution in [0.1, 0.15) is 17.3 Å². The first-order valence-electron chi connectivity index (χ1n) is 4.26. The number of carbonyl (C=O) groups is 1. The second kappa shape index (κ2) is 5.05. The summed E-state index contributed by atoms with van der Waals surface area (Å²) in [5.41, 5.74) is -1.19. The number of Topliss-reactive ketones (excluding diaryl/α,β-unsaturated/α-hetero) is 1. The van der Waals surface area contributed by atoms with Crippen LogP contribution >= 0.6 is 11.6 Å². The zero-order valence-electron chi connectivity index (χ0n) is 8.45. The fourth-order valence-corrected chi connectivity index (χ4v) is 1.46. The molecular weight excluding hydrogens is 260 g/mol. The number of nitrogens with zero attached hydrogens (tertiary/aromatic N) is 1. The number of rotatable bonds is 4. The fourth-order valence-electron chi connectivity index (χ4n) is 1.25. The van der Waals surface area contributed by atoms with E-state index in [1.54, 1.807) is 0 Å². The topological polar surface area (TPSA) is 69.4 Å². The van der Waals surface area contributed by atoms with E-state index in [4.69, 9.17) is 11.6 Å². The van der Waals surface area contributed by atoms with Crippen molar-refractivity contribution in [1.82, 2.24) is 0 Å². The van der Waals surface area contributed by atoms with Gasteiger partial charge in [0.25, 0.3) is 5.69 Å². The number of benzene rings is 1. The van der Waals surface area contributed by atoms with Crippen LogP contribution in [-0.4, -0.2) is 17.3 Å². The summed E-state index contributed by atoms with van der Waals surface area (Å²) in [7, 11) is 0. The first kappa shape index (κ1) is 13.3. The Balaban J connectivity index is 3.46. The minimum atomic E-state index is -3.20. The van der Waals surface area contributed by atoms with Crippen LogP contribution in [0.3, 0.4) is 0 Å². The number of alkyl halides is 2. The standard InChI is InChI=1S/C9H6ClF2NO4/c1-4(14)8-6(13(15)16)2-5(10)3-7(8)17-9(11)12/h2-3,9H,1H3. The number of ketones is 1. The lowest BCUT2D eigenvalue weighted by atomic mass is 10.1. The van der Waals surface area contributed by atoms with Crippen LogP contribution in [0.4, 0.5) is 14.5 Å². The van der Waals surface area contributed by atoms with E-state index in [1.807, 2.05) is 0 Å². The molecule has 0 amide bonds. The van der Waals surface area contributed by atoms with Crippen molar-refractivity contribution in [3.05, 3.63) is 32.8 Å². The first-order valence-corrected chi connectivity index (χ1v) is 4.64. The number of hydrogen-bond acceptors (Lipinski definition) is 4. The number of halogens is 3.